The fourth-order valence-corrected chi connectivity index (χ4v) is 3.86. The second-order valence-corrected chi connectivity index (χ2v) is 7.60. The van der Waals surface area contributed by atoms with Crippen LogP contribution in [-0.4, -0.2) is 42.0 Å². The van der Waals surface area contributed by atoms with E-state index in [9.17, 15) is 14.7 Å². The maximum atomic E-state index is 13.0. The average molecular weight is 444 g/mol. The molecular weight excluding hydrogens is 418 g/mol. The van der Waals surface area contributed by atoms with Gasteiger partial charge in [-0.2, -0.15) is 0 Å². The highest BCUT2D eigenvalue weighted by Gasteiger charge is 2.45. The van der Waals surface area contributed by atoms with E-state index in [0.717, 1.165) is 12.8 Å². The zero-order chi connectivity index (χ0) is 22.5. The van der Waals surface area contributed by atoms with Gasteiger partial charge in [0.2, 0.25) is 0 Å². The Kier molecular flexibility index (Phi) is 7.23. The quantitative estimate of drug-likeness (QED) is 0.354. The first-order chi connectivity index (χ1) is 14.9. The Morgan fingerprint density at radius 3 is 2.39 bits per heavy atom. The number of nitrogens with zero attached hydrogens (tertiary/aromatic N) is 1. The normalized spacial score (nSPS) is 17.8. The van der Waals surface area contributed by atoms with Gasteiger partial charge in [0.15, 0.2) is 0 Å². The molecule has 0 aromatic heterocycles. The van der Waals surface area contributed by atoms with Gasteiger partial charge in [0.25, 0.3) is 11.7 Å². The van der Waals surface area contributed by atoms with Crippen molar-refractivity contribution in [3.63, 3.8) is 0 Å². The van der Waals surface area contributed by atoms with Crippen LogP contribution >= 0.6 is 11.6 Å². The molecule has 6 nitrogen and oxygen atoms in total. The van der Waals surface area contributed by atoms with Crippen molar-refractivity contribution in [1.29, 1.82) is 0 Å². The maximum Gasteiger partial charge on any atom is 0.295 e. The molecular formula is C24H26ClNO5. The number of ether oxygens (including phenoxy) is 2. The molecule has 1 saturated heterocycles. The van der Waals surface area contributed by atoms with Crippen LogP contribution in [0, 0.1) is 0 Å². The molecule has 0 spiro atoms. The number of hydrogen-bond donors (Lipinski definition) is 1. The Morgan fingerprint density at radius 2 is 1.77 bits per heavy atom. The number of rotatable bonds is 8. The summed E-state index contributed by atoms with van der Waals surface area (Å²) in [4.78, 5) is 27.4. The first kappa shape index (κ1) is 22.7. The van der Waals surface area contributed by atoms with Gasteiger partial charge in [-0.15, -0.1) is 0 Å². The molecule has 0 radical (unpaired) electrons. The SMILES string of the molecule is CCCCN1C(=O)C(=O)/C(=C(/O)c2cc(OC)ccc2Cl)C1c1ccc(OCC)cc1. The topological polar surface area (TPSA) is 76.1 Å². The van der Waals surface area contributed by atoms with Gasteiger partial charge >= 0.3 is 0 Å². The number of ketones is 1. The number of unbranched alkanes of at least 4 members (excludes halogenated alkanes) is 1. The molecule has 1 N–H and O–H groups in total. The minimum atomic E-state index is -0.730. The van der Waals surface area contributed by atoms with Gasteiger partial charge in [-0.25, -0.2) is 0 Å². The summed E-state index contributed by atoms with van der Waals surface area (Å²) in [5, 5.41) is 11.4. The smallest absolute Gasteiger partial charge is 0.295 e. The van der Waals surface area contributed by atoms with Gasteiger partial charge in [0.05, 0.1) is 30.4 Å². The lowest BCUT2D eigenvalue weighted by molar-refractivity contribution is -0.139. The number of likely N-dealkylation sites (tertiary alicyclic amines) is 1. The summed E-state index contributed by atoms with van der Waals surface area (Å²) in [6.07, 6.45) is 1.60. The summed E-state index contributed by atoms with van der Waals surface area (Å²) in [5.41, 5.74) is 0.963. The minimum absolute atomic E-state index is 0.0143. The predicted molar refractivity (Wildman–Crippen MR) is 120 cm³/mol. The third kappa shape index (κ3) is 4.54. The van der Waals surface area contributed by atoms with E-state index in [4.69, 9.17) is 21.1 Å². The van der Waals surface area contributed by atoms with E-state index >= 15 is 0 Å². The van der Waals surface area contributed by atoms with Gasteiger partial charge in [0.1, 0.15) is 17.3 Å². The Hall–Kier alpha value is -2.99. The van der Waals surface area contributed by atoms with Crippen LogP contribution in [0.25, 0.3) is 5.76 Å². The fourth-order valence-electron chi connectivity index (χ4n) is 3.66. The summed E-state index contributed by atoms with van der Waals surface area (Å²) in [6, 6.07) is 11.3. The molecule has 164 valence electrons. The van der Waals surface area contributed by atoms with Crippen LogP contribution in [0.3, 0.4) is 0 Å². The number of aliphatic hydroxyl groups excluding tert-OH is 1. The van der Waals surface area contributed by atoms with Gasteiger partial charge in [-0.1, -0.05) is 37.1 Å². The van der Waals surface area contributed by atoms with E-state index in [-0.39, 0.29) is 21.9 Å². The van der Waals surface area contributed by atoms with E-state index in [1.807, 2.05) is 13.8 Å². The zero-order valence-corrected chi connectivity index (χ0v) is 18.6. The molecule has 0 saturated carbocycles. The van der Waals surface area contributed by atoms with Crippen molar-refractivity contribution in [1.82, 2.24) is 4.90 Å². The molecule has 31 heavy (non-hydrogen) atoms. The van der Waals surface area contributed by atoms with Crippen LogP contribution in [0.15, 0.2) is 48.0 Å². The molecule has 1 fully saturated rings. The minimum Gasteiger partial charge on any atom is -0.507 e. The molecule has 2 aromatic carbocycles. The molecule has 1 unspecified atom stereocenters. The summed E-state index contributed by atoms with van der Waals surface area (Å²) in [6.45, 7) is 4.84. The number of carbonyl (C=O) groups is 2. The lowest BCUT2D eigenvalue weighted by atomic mass is 9.95. The zero-order valence-electron chi connectivity index (χ0n) is 17.9. The summed E-state index contributed by atoms with van der Waals surface area (Å²) >= 11 is 6.30. The van der Waals surface area contributed by atoms with Crippen LogP contribution < -0.4 is 9.47 Å². The van der Waals surface area contributed by atoms with Crippen molar-refractivity contribution in [2.24, 2.45) is 0 Å². The average Bonchev–Trinajstić information content (AvgIpc) is 3.03. The van der Waals surface area contributed by atoms with E-state index in [1.165, 1.54) is 12.0 Å². The van der Waals surface area contributed by atoms with Crippen LogP contribution in [0.1, 0.15) is 43.9 Å². The molecule has 2 aromatic rings. The van der Waals surface area contributed by atoms with Gasteiger partial charge in [0, 0.05) is 12.1 Å². The third-order valence-corrected chi connectivity index (χ3v) is 5.56. The van der Waals surface area contributed by atoms with Crippen molar-refractivity contribution >= 4 is 29.1 Å². The van der Waals surface area contributed by atoms with E-state index in [1.54, 1.807) is 42.5 Å². The highest BCUT2D eigenvalue weighted by atomic mass is 35.5. The van der Waals surface area contributed by atoms with E-state index in [0.29, 0.717) is 30.2 Å². The fraction of sp³-hybridized carbons (Fsp3) is 0.333. The lowest BCUT2D eigenvalue weighted by Crippen LogP contribution is -2.30. The highest BCUT2D eigenvalue weighted by molar-refractivity contribution is 6.47. The van der Waals surface area contributed by atoms with Crippen LogP contribution in [0.2, 0.25) is 5.02 Å². The number of amides is 1. The van der Waals surface area contributed by atoms with Crippen molar-refractivity contribution in [2.75, 3.05) is 20.3 Å². The number of benzene rings is 2. The summed E-state index contributed by atoms with van der Waals surface area (Å²) in [7, 11) is 1.50. The third-order valence-electron chi connectivity index (χ3n) is 5.23. The summed E-state index contributed by atoms with van der Waals surface area (Å²) < 4.78 is 10.7. The molecule has 1 heterocycles. The summed E-state index contributed by atoms with van der Waals surface area (Å²) in [5.74, 6) is -0.518. The largest absolute Gasteiger partial charge is 0.507 e. The number of methoxy groups -OCH3 is 1. The molecule has 0 aliphatic carbocycles. The van der Waals surface area contributed by atoms with Crippen LogP contribution in [0.5, 0.6) is 11.5 Å². The molecule has 3 rings (SSSR count). The van der Waals surface area contributed by atoms with E-state index in [2.05, 4.69) is 0 Å². The number of carbonyl (C=O) groups excluding carboxylic acids is 2. The van der Waals surface area contributed by atoms with Gasteiger partial charge < -0.3 is 19.5 Å². The Labute approximate surface area is 187 Å². The molecule has 1 amide bonds. The van der Waals surface area contributed by atoms with Crippen molar-refractivity contribution < 1.29 is 24.2 Å². The van der Waals surface area contributed by atoms with Crippen molar-refractivity contribution in [3.05, 3.63) is 64.2 Å². The number of hydrogen-bond acceptors (Lipinski definition) is 5. The standard InChI is InChI=1S/C24H26ClNO5/c1-4-6-13-26-21(15-7-9-16(10-8-15)31-5-2)20(23(28)24(26)29)22(27)18-14-17(30-3)11-12-19(18)25/h7-12,14,21,27H,4-6,13H2,1-3H3/b22-20+. The first-order valence-electron chi connectivity index (χ1n) is 10.3. The monoisotopic (exact) mass is 443 g/mol. The van der Waals surface area contributed by atoms with Crippen molar-refractivity contribution in [2.45, 2.75) is 32.7 Å². The Balaban J connectivity index is 2.16. The number of aliphatic hydroxyl groups is 1. The molecule has 1 atom stereocenters. The molecule has 1 aliphatic rings. The highest BCUT2D eigenvalue weighted by Crippen LogP contribution is 2.41. The number of Topliss-reactive ketones (excluding diaryl/α,β-unsaturated/α-hetero) is 1. The molecule has 7 heteroatoms. The number of halogens is 1. The van der Waals surface area contributed by atoms with E-state index < -0.39 is 17.7 Å². The van der Waals surface area contributed by atoms with Gasteiger partial charge in [-0.05, 0) is 49.2 Å². The van der Waals surface area contributed by atoms with Crippen LogP contribution in [0.4, 0.5) is 0 Å². The second kappa shape index (κ2) is 9.88. The first-order valence-corrected chi connectivity index (χ1v) is 10.7. The van der Waals surface area contributed by atoms with Crippen molar-refractivity contribution in [3.8, 4) is 11.5 Å². The molecule has 0 bridgehead atoms. The Morgan fingerprint density at radius 1 is 1.10 bits per heavy atom. The second-order valence-electron chi connectivity index (χ2n) is 7.19. The molecule has 1 aliphatic heterocycles. The van der Waals surface area contributed by atoms with Gasteiger partial charge in [-0.3, -0.25) is 9.59 Å². The lowest BCUT2D eigenvalue weighted by Gasteiger charge is -2.25. The Bertz CT molecular complexity index is 1000. The maximum absolute atomic E-state index is 13.0. The predicted octanol–water partition coefficient (Wildman–Crippen LogP) is 4.97. The van der Waals surface area contributed by atoms with Crippen LogP contribution in [-0.2, 0) is 9.59 Å².